The lowest BCUT2D eigenvalue weighted by Gasteiger charge is -2.33. The first kappa shape index (κ1) is 21.7. The van der Waals surface area contributed by atoms with Gasteiger partial charge in [-0.25, -0.2) is 4.39 Å². The van der Waals surface area contributed by atoms with E-state index in [1.165, 1.54) is 23.3 Å². The molecule has 10 nitrogen and oxygen atoms in total. The number of hydrogen-bond acceptors (Lipinski definition) is 8. The van der Waals surface area contributed by atoms with Crippen molar-refractivity contribution in [2.45, 2.75) is 44.0 Å². The number of nitrogens with two attached hydrogens (primary N) is 2. The highest BCUT2D eigenvalue weighted by Gasteiger charge is 2.59. The Balaban J connectivity index is 2.35. The summed E-state index contributed by atoms with van der Waals surface area (Å²) in [7, 11) is 0. The van der Waals surface area contributed by atoms with Gasteiger partial charge in [0.2, 0.25) is 0 Å². The highest BCUT2D eigenvalue weighted by atomic mass is 19.1. The molecular weight excluding hydrogens is 371 g/mol. The molecule has 1 fully saturated rings. The molecule has 2 heterocycles. The van der Waals surface area contributed by atoms with Crippen molar-refractivity contribution in [3.63, 3.8) is 0 Å². The fraction of sp³-hybridized carbons (Fsp3) is 0.588. The Morgan fingerprint density at radius 3 is 2.86 bits per heavy atom. The Labute approximate surface area is 161 Å². The summed E-state index contributed by atoms with van der Waals surface area (Å²) in [5.41, 5.74) is 19.1. The smallest absolute Gasteiger partial charge is 0.323 e. The number of esters is 1. The maximum Gasteiger partial charge on any atom is 0.323 e. The van der Waals surface area contributed by atoms with E-state index in [0.29, 0.717) is 11.4 Å². The van der Waals surface area contributed by atoms with E-state index in [1.807, 2.05) is 0 Å². The van der Waals surface area contributed by atoms with Gasteiger partial charge in [-0.05, 0) is 23.6 Å². The first-order chi connectivity index (χ1) is 13.2. The lowest BCUT2D eigenvalue weighted by molar-refractivity contribution is -0.169. The highest BCUT2D eigenvalue weighted by molar-refractivity contribution is 5.76. The van der Waals surface area contributed by atoms with E-state index in [2.05, 4.69) is 16.6 Å². The molecule has 1 saturated heterocycles. The summed E-state index contributed by atoms with van der Waals surface area (Å²) in [6, 6.07) is -0.991. The van der Waals surface area contributed by atoms with Crippen molar-refractivity contribution in [1.82, 2.24) is 4.90 Å². The van der Waals surface area contributed by atoms with E-state index in [4.69, 9.17) is 26.5 Å². The van der Waals surface area contributed by atoms with Gasteiger partial charge in [-0.2, -0.15) is 0 Å². The number of carbonyl (C=O) groups is 1. The molecule has 0 spiro atoms. The van der Waals surface area contributed by atoms with Crippen molar-refractivity contribution in [2.24, 2.45) is 22.5 Å². The molecule has 0 aromatic rings. The molecule has 2 rings (SSSR count). The van der Waals surface area contributed by atoms with Crippen molar-refractivity contribution < 1.29 is 23.8 Å². The topological polar surface area (TPSA) is 160 Å². The van der Waals surface area contributed by atoms with Gasteiger partial charge in [0.1, 0.15) is 11.6 Å². The molecule has 2 aliphatic rings. The number of allylic oxidation sites excluding steroid dienone is 2. The number of halogens is 1. The summed E-state index contributed by atoms with van der Waals surface area (Å²) in [6.07, 6.45) is -0.227. The summed E-state index contributed by atoms with van der Waals surface area (Å²) in [5, 5.41) is 13.3. The second-order valence-corrected chi connectivity index (χ2v) is 7.05. The average Bonchev–Trinajstić information content (AvgIpc) is 2.92. The number of rotatable bonds is 7. The van der Waals surface area contributed by atoms with Gasteiger partial charge >= 0.3 is 5.97 Å². The van der Waals surface area contributed by atoms with Gasteiger partial charge in [-0.1, -0.05) is 25.5 Å². The summed E-state index contributed by atoms with van der Waals surface area (Å²) < 4.78 is 26.4. The first-order valence-corrected chi connectivity index (χ1v) is 8.69. The Hall–Kier alpha value is -2.59. The second-order valence-electron chi connectivity index (χ2n) is 7.05. The number of carbonyl (C=O) groups excluding carboxylic acids is 1. The predicted molar refractivity (Wildman–Crippen MR) is 98.7 cm³/mol. The number of aliphatic hydroxyl groups is 1. The first-order valence-electron chi connectivity index (χ1n) is 8.69. The number of aliphatic hydroxyl groups excluding tert-OH is 1. The number of hydrogen-bond donors (Lipinski definition) is 3. The van der Waals surface area contributed by atoms with Gasteiger partial charge in [-0.15, -0.1) is 0 Å². The number of ether oxygens (including phenoxy) is 2. The average molecular weight is 396 g/mol. The summed E-state index contributed by atoms with van der Waals surface area (Å²) in [5.74, 6) is -1.09. The Morgan fingerprint density at radius 1 is 1.64 bits per heavy atom. The van der Waals surface area contributed by atoms with Gasteiger partial charge in [0.05, 0.1) is 13.2 Å². The maximum atomic E-state index is 15.4. The van der Waals surface area contributed by atoms with Crippen LogP contribution in [0, 0.1) is 5.92 Å². The third-order valence-electron chi connectivity index (χ3n) is 4.71. The quantitative estimate of drug-likeness (QED) is 0.248. The molecule has 154 valence electrons. The van der Waals surface area contributed by atoms with Crippen molar-refractivity contribution >= 4 is 5.97 Å². The molecule has 0 saturated carbocycles. The van der Waals surface area contributed by atoms with Crippen LogP contribution in [0.25, 0.3) is 10.4 Å². The van der Waals surface area contributed by atoms with Crippen LogP contribution in [0.5, 0.6) is 0 Å². The molecule has 0 radical (unpaired) electrons. The fourth-order valence-corrected chi connectivity index (χ4v) is 2.95. The number of azide groups is 1. The van der Waals surface area contributed by atoms with Crippen LogP contribution in [-0.4, -0.2) is 59.3 Å². The molecule has 5 atom stereocenters. The van der Waals surface area contributed by atoms with Crippen molar-refractivity contribution in [2.75, 3.05) is 13.2 Å². The van der Waals surface area contributed by atoms with E-state index >= 15 is 4.39 Å². The SMILES string of the molecule is C=C1C=C(N)C=CN1[C@@H]1O[C@@](CO)(CN=[N+]=[N-])[C@@H](OC(=O)C(N)C(C)C)[C@H]1F. The Morgan fingerprint density at radius 2 is 2.32 bits per heavy atom. The predicted octanol–water partition coefficient (Wildman–Crippen LogP) is 0.803. The van der Waals surface area contributed by atoms with E-state index in [1.54, 1.807) is 13.8 Å². The van der Waals surface area contributed by atoms with Crippen LogP contribution in [0.1, 0.15) is 13.8 Å². The lowest BCUT2D eigenvalue weighted by Crippen LogP contribution is -2.52. The Bertz CT molecular complexity index is 735. The van der Waals surface area contributed by atoms with Crippen LogP contribution >= 0.6 is 0 Å². The van der Waals surface area contributed by atoms with Crippen LogP contribution in [0.2, 0.25) is 0 Å². The zero-order chi connectivity index (χ0) is 21.1. The van der Waals surface area contributed by atoms with Crippen molar-refractivity contribution in [1.29, 1.82) is 0 Å². The zero-order valence-electron chi connectivity index (χ0n) is 15.7. The standard InChI is InChI=1S/C17H25FN6O4/c1-9(2)13(20)16(26)27-14-12(18)15(24-5-4-11(19)6-10(24)3)28-17(14,8-25)7-22-23-21/h4-6,9,12-15,25H,3,7-8,19-20H2,1-2H3/t12-,13?,14+,15-,17-/m1/s1. The maximum absolute atomic E-state index is 15.4. The third-order valence-corrected chi connectivity index (χ3v) is 4.71. The zero-order valence-corrected chi connectivity index (χ0v) is 15.7. The van der Waals surface area contributed by atoms with Crippen LogP contribution in [-0.2, 0) is 14.3 Å². The van der Waals surface area contributed by atoms with Crippen LogP contribution in [0.4, 0.5) is 4.39 Å². The van der Waals surface area contributed by atoms with Crippen molar-refractivity contribution in [3.05, 3.63) is 46.8 Å². The van der Waals surface area contributed by atoms with Gasteiger partial charge in [-0.3, -0.25) is 4.79 Å². The summed E-state index contributed by atoms with van der Waals surface area (Å²) >= 11 is 0. The Kier molecular flexibility index (Phi) is 6.68. The lowest BCUT2D eigenvalue weighted by atomic mass is 9.96. The van der Waals surface area contributed by atoms with Gasteiger partial charge in [0, 0.05) is 22.5 Å². The van der Waals surface area contributed by atoms with Crippen molar-refractivity contribution in [3.8, 4) is 0 Å². The minimum atomic E-state index is -1.89. The van der Waals surface area contributed by atoms with Gasteiger partial charge in [0.25, 0.3) is 0 Å². The molecule has 1 unspecified atom stereocenters. The summed E-state index contributed by atoms with van der Waals surface area (Å²) in [6.45, 7) is 6.02. The van der Waals surface area contributed by atoms with E-state index in [0.717, 1.165) is 0 Å². The van der Waals surface area contributed by atoms with Crippen LogP contribution in [0.3, 0.4) is 0 Å². The minimum Gasteiger partial charge on any atom is -0.455 e. The molecule has 11 heteroatoms. The molecule has 0 aromatic heterocycles. The normalized spacial score (nSPS) is 30.8. The van der Waals surface area contributed by atoms with Gasteiger partial charge in [0.15, 0.2) is 18.5 Å². The number of alkyl halides is 1. The summed E-state index contributed by atoms with van der Waals surface area (Å²) in [4.78, 5) is 16.3. The monoisotopic (exact) mass is 396 g/mol. The minimum absolute atomic E-state index is 0.248. The molecule has 2 aliphatic heterocycles. The molecular formula is C17H25FN6O4. The van der Waals surface area contributed by atoms with Gasteiger partial charge < -0.3 is 30.9 Å². The number of nitrogens with zero attached hydrogens (tertiary/aromatic N) is 4. The second kappa shape index (κ2) is 8.61. The largest absolute Gasteiger partial charge is 0.455 e. The van der Waals surface area contributed by atoms with E-state index < -0.39 is 49.3 Å². The molecule has 5 N–H and O–H groups in total. The fourth-order valence-electron chi connectivity index (χ4n) is 2.95. The van der Waals surface area contributed by atoms with E-state index in [9.17, 15) is 9.90 Å². The molecule has 0 aromatic carbocycles. The van der Waals surface area contributed by atoms with Crippen LogP contribution in [0.15, 0.2) is 41.4 Å². The molecule has 0 aliphatic carbocycles. The molecule has 0 amide bonds. The highest BCUT2D eigenvalue weighted by Crippen LogP contribution is 2.39. The molecule has 28 heavy (non-hydrogen) atoms. The van der Waals surface area contributed by atoms with E-state index in [-0.39, 0.29) is 5.92 Å². The third kappa shape index (κ3) is 4.12. The molecule has 0 bridgehead atoms. The van der Waals surface area contributed by atoms with Crippen LogP contribution < -0.4 is 11.5 Å².